The van der Waals surface area contributed by atoms with Crippen LogP contribution >= 0.6 is 0 Å². The van der Waals surface area contributed by atoms with E-state index in [0.717, 1.165) is 37.9 Å². The van der Waals surface area contributed by atoms with Crippen molar-refractivity contribution in [1.29, 1.82) is 0 Å². The molecule has 94 valence electrons. The van der Waals surface area contributed by atoms with Crippen LogP contribution in [0.5, 0.6) is 0 Å². The molecule has 2 rings (SSSR count). The predicted octanol–water partition coefficient (Wildman–Crippen LogP) is 2.80. The van der Waals surface area contributed by atoms with Crippen molar-refractivity contribution in [3.05, 3.63) is 0 Å². The maximum absolute atomic E-state index is 9.96. The molecule has 1 saturated carbocycles. The molecule has 0 aromatic rings. The standard InChI is InChI=1S/C14H27NO/c1-3-12-5-4-6-13(11-12)15-9-7-14(2,16)8-10-15/h12-13,16H,3-11H2,1-2H3. The zero-order valence-corrected chi connectivity index (χ0v) is 10.9. The number of likely N-dealkylation sites (tertiary alicyclic amines) is 1. The molecule has 0 radical (unpaired) electrons. The van der Waals surface area contributed by atoms with Crippen LogP contribution in [0.1, 0.15) is 58.8 Å². The zero-order chi connectivity index (χ0) is 11.6. The van der Waals surface area contributed by atoms with Gasteiger partial charge in [-0.25, -0.2) is 0 Å². The van der Waals surface area contributed by atoms with Gasteiger partial charge in [-0.1, -0.05) is 26.2 Å². The van der Waals surface area contributed by atoms with Gasteiger partial charge in [0, 0.05) is 19.1 Å². The van der Waals surface area contributed by atoms with Gasteiger partial charge in [0.2, 0.25) is 0 Å². The summed E-state index contributed by atoms with van der Waals surface area (Å²) < 4.78 is 0. The normalized spacial score (nSPS) is 36.2. The first-order valence-corrected chi connectivity index (χ1v) is 7.07. The molecule has 0 aromatic carbocycles. The van der Waals surface area contributed by atoms with E-state index in [9.17, 15) is 5.11 Å². The Balaban J connectivity index is 1.84. The van der Waals surface area contributed by atoms with Crippen molar-refractivity contribution < 1.29 is 5.11 Å². The quantitative estimate of drug-likeness (QED) is 0.781. The Kier molecular flexibility index (Phi) is 3.91. The fourth-order valence-corrected chi connectivity index (χ4v) is 3.34. The molecule has 0 aromatic heterocycles. The first kappa shape index (κ1) is 12.4. The van der Waals surface area contributed by atoms with E-state index >= 15 is 0 Å². The smallest absolute Gasteiger partial charge is 0.0644 e. The fraction of sp³-hybridized carbons (Fsp3) is 1.00. The van der Waals surface area contributed by atoms with Gasteiger partial charge in [0.15, 0.2) is 0 Å². The Morgan fingerprint density at radius 3 is 2.56 bits per heavy atom. The first-order valence-electron chi connectivity index (χ1n) is 7.07. The number of aliphatic hydroxyl groups is 1. The van der Waals surface area contributed by atoms with Gasteiger partial charge in [-0.15, -0.1) is 0 Å². The summed E-state index contributed by atoms with van der Waals surface area (Å²) in [5, 5.41) is 9.96. The molecule has 1 heterocycles. The van der Waals surface area contributed by atoms with Crippen LogP contribution in [-0.4, -0.2) is 34.7 Å². The highest BCUT2D eigenvalue weighted by Gasteiger charge is 2.32. The predicted molar refractivity (Wildman–Crippen MR) is 67.5 cm³/mol. The van der Waals surface area contributed by atoms with Gasteiger partial charge in [-0.05, 0) is 38.5 Å². The Morgan fingerprint density at radius 1 is 1.25 bits per heavy atom. The van der Waals surface area contributed by atoms with Crippen molar-refractivity contribution >= 4 is 0 Å². The molecule has 16 heavy (non-hydrogen) atoms. The highest BCUT2D eigenvalue weighted by Crippen LogP contribution is 2.32. The van der Waals surface area contributed by atoms with Crippen LogP contribution in [-0.2, 0) is 0 Å². The molecule has 0 amide bonds. The minimum Gasteiger partial charge on any atom is -0.390 e. The molecular formula is C14H27NO. The van der Waals surface area contributed by atoms with E-state index in [1.807, 2.05) is 6.92 Å². The lowest BCUT2D eigenvalue weighted by atomic mass is 9.82. The second-order valence-electron chi connectivity index (χ2n) is 6.13. The third-order valence-electron chi connectivity index (χ3n) is 4.72. The highest BCUT2D eigenvalue weighted by atomic mass is 16.3. The maximum atomic E-state index is 9.96. The molecular weight excluding hydrogens is 198 g/mol. The summed E-state index contributed by atoms with van der Waals surface area (Å²) >= 11 is 0. The van der Waals surface area contributed by atoms with E-state index in [1.165, 1.54) is 32.1 Å². The van der Waals surface area contributed by atoms with Gasteiger partial charge in [0.25, 0.3) is 0 Å². The molecule has 2 nitrogen and oxygen atoms in total. The van der Waals surface area contributed by atoms with Gasteiger partial charge in [-0.3, -0.25) is 0 Å². The van der Waals surface area contributed by atoms with E-state index in [-0.39, 0.29) is 0 Å². The summed E-state index contributed by atoms with van der Waals surface area (Å²) in [4.78, 5) is 2.64. The highest BCUT2D eigenvalue weighted by molar-refractivity contribution is 4.87. The van der Waals surface area contributed by atoms with Crippen molar-refractivity contribution in [2.75, 3.05) is 13.1 Å². The lowest BCUT2D eigenvalue weighted by molar-refractivity contribution is -0.0237. The lowest BCUT2D eigenvalue weighted by Crippen LogP contribution is -2.48. The number of hydrogen-bond donors (Lipinski definition) is 1. The maximum Gasteiger partial charge on any atom is 0.0644 e. The third-order valence-corrected chi connectivity index (χ3v) is 4.72. The molecule has 1 aliphatic heterocycles. The number of hydrogen-bond acceptors (Lipinski definition) is 2. The Labute approximate surface area is 100 Å². The third kappa shape index (κ3) is 2.98. The number of nitrogens with zero attached hydrogens (tertiary/aromatic N) is 1. The van der Waals surface area contributed by atoms with Crippen LogP contribution in [0, 0.1) is 5.92 Å². The van der Waals surface area contributed by atoms with Crippen LogP contribution in [0.2, 0.25) is 0 Å². The van der Waals surface area contributed by atoms with Gasteiger partial charge in [-0.2, -0.15) is 0 Å². The minimum atomic E-state index is -0.394. The zero-order valence-electron chi connectivity index (χ0n) is 10.9. The second kappa shape index (κ2) is 5.05. The topological polar surface area (TPSA) is 23.5 Å². The Hall–Kier alpha value is -0.0800. The SMILES string of the molecule is CCC1CCCC(N2CCC(C)(O)CC2)C1. The molecule has 2 fully saturated rings. The van der Waals surface area contributed by atoms with Crippen LogP contribution in [0.3, 0.4) is 0 Å². The summed E-state index contributed by atoms with van der Waals surface area (Å²) in [6, 6.07) is 0.815. The van der Waals surface area contributed by atoms with E-state index in [2.05, 4.69) is 11.8 Å². The van der Waals surface area contributed by atoms with E-state index in [1.54, 1.807) is 0 Å². The monoisotopic (exact) mass is 225 g/mol. The Morgan fingerprint density at radius 2 is 1.94 bits per heavy atom. The lowest BCUT2D eigenvalue weighted by Gasteiger charge is -2.43. The summed E-state index contributed by atoms with van der Waals surface area (Å²) in [5.41, 5.74) is -0.394. The van der Waals surface area contributed by atoms with Gasteiger partial charge >= 0.3 is 0 Å². The van der Waals surface area contributed by atoms with Crippen molar-refractivity contribution in [3.8, 4) is 0 Å². The first-order chi connectivity index (χ1) is 7.61. The molecule has 1 aliphatic carbocycles. The largest absolute Gasteiger partial charge is 0.390 e. The second-order valence-corrected chi connectivity index (χ2v) is 6.13. The molecule has 2 heteroatoms. The molecule has 2 atom stereocenters. The average molecular weight is 225 g/mol. The van der Waals surface area contributed by atoms with Crippen LogP contribution in [0.15, 0.2) is 0 Å². The average Bonchev–Trinajstić information content (AvgIpc) is 2.29. The van der Waals surface area contributed by atoms with E-state index in [4.69, 9.17) is 0 Å². The van der Waals surface area contributed by atoms with E-state index < -0.39 is 5.60 Å². The Bertz CT molecular complexity index is 217. The minimum absolute atomic E-state index is 0.394. The summed E-state index contributed by atoms with van der Waals surface area (Å²) in [6.45, 7) is 6.52. The summed E-state index contributed by atoms with van der Waals surface area (Å²) in [5.74, 6) is 0.959. The molecule has 1 saturated heterocycles. The summed E-state index contributed by atoms with van der Waals surface area (Å²) in [6.07, 6.45) is 8.91. The van der Waals surface area contributed by atoms with Crippen LogP contribution < -0.4 is 0 Å². The van der Waals surface area contributed by atoms with Crippen molar-refractivity contribution in [2.24, 2.45) is 5.92 Å². The number of piperidine rings is 1. The van der Waals surface area contributed by atoms with E-state index in [0.29, 0.717) is 0 Å². The van der Waals surface area contributed by atoms with Gasteiger partial charge in [0.1, 0.15) is 0 Å². The van der Waals surface area contributed by atoms with Gasteiger partial charge in [0.05, 0.1) is 5.60 Å². The van der Waals surface area contributed by atoms with Crippen molar-refractivity contribution in [1.82, 2.24) is 4.90 Å². The molecule has 1 N–H and O–H groups in total. The molecule has 2 aliphatic rings. The summed E-state index contributed by atoms with van der Waals surface area (Å²) in [7, 11) is 0. The van der Waals surface area contributed by atoms with Crippen molar-refractivity contribution in [2.45, 2.75) is 70.4 Å². The van der Waals surface area contributed by atoms with Crippen LogP contribution in [0.4, 0.5) is 0 Å². The fourth-order valence-electron chi connectivity index (χ4n) is 3.34. The van der Waals surface area contributed by atoms with Crippen molar-refractivity contribution in [3.63, 3.8) is 0 Å². The molecule has 0 spiro atoms. The van der Waals surface area contributed by atoms with Gasteiger partial charge < -0.3 is 10.0 Å². The number of rotatable bonds is 2. The molecule has 0 bridgehead atoms. The molecule has 2 unspecified atom stereocenters. The van der Waals surface area contributed by atoms with Crippen LogP contribution in [0.25, 0.3) is 0 Å².